The summed E-state index contributed by atoms with van der Waals surface area (Å²) in [5.41, 5.74) is 9.25. The average Bonchev–Trinajstić information content (AvgIpc) is 2.97. The zero-order chi connectivity index (χ0) is 27.0. The van der Waals surface area contributed by atoms with E-state index in [0.717, 1.165) is 0 Å². The number of fused-ring (bicyclic) bond motifs is 2. The van der Waals surface area contributed by atoms with Gasteiger partial charge in [-0.25, -0.2) is 0 Å². The van der Waals surface area contributed by atoms with Crippen molar-refractivity contribution in [3.8, 4) is 11.1 Å². The van der Waals surface area contributed by atoms with Gasteiger partial charge in [-0.2, -0.15) is 0 Å². The van der Waals surface area contributed by atoms with Gasteiger partial charge in [-0.1, -0.05) is 153 Å². The SMILES string of the molecule is CC.CCCCCCCCc1ccc2c(c1-c1c(CCCCCCCC)ccc3ccccc13)C=CCC2. The van der Waals surface area contributed by atoms with Crippen molar-refractivity contribution in [2.75, 3.05) is 0 Å². The van der Waals surface area contributed by atoms with Crippen molar-refractivity contribution in [3.63, 3.8) is 0 Å². The standard InChI is InChI=1S/C36H48.C2H6/c1-3-5-7-9-11-13-21-31-27-25-29-19-15-17-23-33(29)35(31)36-32(22-14-12-10-8-6-4-2)28-26-30-20-16-18-24-34(30)36;1-2/h15,17-19,23-28H,3-14,16,20-22H2,1-2H3;1-2H3. The zero-order valence-corrected chi connectivity index (χ0v) is 25.1. The highest BCUT2D eigenvalue weighted by Gasteiger charge is 2.19. The van der Waals surface area contributed by atoms with Crippen LogP contribution in [0.25, 0.3) is 28.0 Å². The summed E-state index contributed by atoms with van der Waals surface area (Å²) in [6.45, 7) is 8.61. The lowest BCUT2D eigenvalue weighted by Gasteiger charge is -2.23. The Morgan fingerprint density at radius 1 is 0.579 bits per heavy atom. The van der Waals surface area contributed by atoms with E-state index in [1.807, 2.05) is 13.8 Å². The molecule has 0 nitrogen and oxygen atoms in total. The van der Waals surface area contributed by atoms with E-state index < -0.39 is 0 Å². The van der Waals surface area contributed by atoms with Gasteiger partial charge in [0.2, 0.25) is 0 Å². The molecule has 0 N–H and O–H groups in total. The number of benzene rings is 3. The van der Waals surface area contributed by atoms with Crippen molar-refractivity contribution < 1.29 is 0 Å². The van der Waals surface area contributed by atoms with Crippen LogP contribution in [0.2, 0.25) is 0 Å². The topological polar surface area (TPSA) is 0 Å². The Kier molecular flexibility index (Phi) is 13.7. The highest BCUT2D eigenvalue weighted by atomic mass is 14.2. The number of rotatable bonds is 15. The number of aryl methyl sites for hydroxylation is 3. The minimum Gasteiger partial charge on any atom is -0.0836 e. The highest BCUT2D eigenvalue weighted by Crippen LogP contribution is 2.41. The predicted molar refractivity (Wildman–Crippen MR) is 172 cm³/mol. The second-order valence-corrected chi connectivity index (χ2v) is 11.0. The quantitative estimate of drug-likeness (QED) is 0.178. The lowest BCUT2D eigenvalue weighted by Crippen LogP contribution is -2.04. The van der Waals surface area contributed by atoms with Crippen LogP contribution in [0.1, 0.15) is 133 Å². The Bertz CT molecular complexity index is 1120. The second kappa shape index (κ2) is 17.3. The molecule has 3 aromatic rings. The van der Waals surface area contributed by atoms with Gasteiger partial charge in [0.25, 0.3) is 0 Å². The fourth-order valence-electron chi connectivity index (χ4n) is 6.07. The third kappa shape index (κ3) is 8.33. The van der Waals surface area contributed by atoms with E-state index in [2.05, 4.69) is 74.5 Å². The van der Waals surface area contributed by atoms with E-state index in [0.29, 0.717) is 0 Å². The summed E-state index contributed by atoms with van der Waals surface area (Å²) >= 11 is 0. The van der Waals surface area contributed by atoms with Gasteiger partial charge >= 0.3 is 0 Å². The smallest absolute Gasteiger partial charge is 0.00644 e. The van der Waals surface area contributed by atoms with E-state index in [4.69, 9.17) is 0 Å². The average molecular weight is 511 g/mol. The summed E-state index contributed by atoms with van der Waals surface area (Å²) in [5.74, 6) is 0. The first-order valence-corrected chi connectivity index (χ1v) is 16.2. The van der Waals surface area contributed by atoms with Gasteiger partial charge < -0.3 is 0 Å². The number of hydrogen-bond acceptors (Lipinski definition) is 0. The summed E-state index contributed by atoms with van der Waals surface area (Å²) in [4.78, 5) is 0. The number of allylic oxidation sites excluding steroid dienone is 1. The van der Waals surface area contributed by atoms with Crippen LogP contribution in [0.15, 0.2) is 54.6 Å². The van der Waals surface area contributed by atoms with Gasteiger partial charge in [0.1, 0.15) is 0 Å². The largest absolute Gasteiger partial charge is 0.0836 e. The molecular formula is C38H54. The molecule has 0 amide bonds. The fourth-order valence-corrected chi connectivity index (χ4v) is 6.07. The molecule has 0 radical (unpaired) electrons. The molecule has 0 aromatic heterocycles. The lowest BCUT2D eigenvalue weighted by atomic mass is 9.81. The maximum Gasteiger partial charge on any atom is -0.00644 e. The van der Waals surface area contributed by atoms with Crippen LogP contribution in [0.5, 0.6) is 0 Å². The molecule has 0 heterocycles. The van der Waals surface area contributed by atoms with Crippen molar-refractivity contribution in [1.29, 1.82) is 0 Å². The molecule has 3 aromatic carbocycles. The molecule has 0 saturated heterocycles. The molecule has 1 aliphatic rings. The fraction of sp³-hybridized carbons (Fsp3) is 0.526. The minimum absolute atomic E-state index is 1.17. The van der Waals surface area contributed by atoms with Crippen molar-refractivity contribution in [2.24, 2.45) is 0 Å². The first-order chi connectivity index (χ1) is 18.8. The Hall–Kier alpha value is -2.34. The third-order valence-corrected chi connectivity index (χ3v) is 8.15. The summed E-state index contributed by atoms with van der Waals surface area (Å²) in [7, 11) is 0. The molecule has 0 atom stereocenters. The Morgan fingerprint density at radius 3 is 1.84 bits per heavy atom. The van der Waals surface area contributed by atoms with Gasteiger partial charge in [0, 0.05) is 0 Å². The molecule has 0 unspecified atom stereocenters. The van der Waals surface area contributed by atoms with Crippen LogP contribution in [-0.2, 0) is 19.3 Å². The molecule has 0 heteroatoms. The van der Waals surface area contributed by atoms with Crippen molar-refractivity contribution in [3.05, 3.63) is 76.9 Å². The van der Waals surface area contributed by atoms with Gasteiger partial charge in [0.05, 0.1) is 0 Å². The molecule has 38 heavy (non-hydrogen) atoms. The summed E-state index contributed by atoms with van der Waals surface area (Å²) in [6.07, 6.45) is 25.8. The highest BCUT2D eigenvalue weighted by molar-refractivity contribution is 6.01. The predicted octanol–water partition coefficient (Wildman–Crippen LogP) is 12.3. The van der Waals surface area contributed by atoms with Crippen molar-refractivity contribution in [2.45, 2.75) is 130 Å². The molecule has 0 saturated carbocycles. The molecule has 4 rings (SSSR count). The van der Waals surface area contributed by atoms with Crippen LogP contribution >= 0.6 is 0 Å². The summed E-state index contributed by atoms with van der Waals surface area (Å²) < 4.78 is 0. The molecular weight excluding hydrogens is 456 g/mol. The first-order valence-electron chi connectivity index (χ1n) is 16.2. The van der Waals surface area contributed by atoms with Crippen LogP contribution in [-0.4, -0.2) is 0 Å². The number of hydrogen-bond donors (Lipinski definition) is 0. The maximum absolute atomic E-state index is 2.48. The van der Waals surface area contributed by atoms with Gasteiger partial charge in [-0.15, -0.1) is 0 Å². The zero-order valence-electron chi connectivity index (χ0n) is 25.1. The molecule has 206 valence electrons. The van der Waals surface area contributed by atoms with E-state index in [9.17, 15) is 0 Å². The normalized spacial score (nSPS) is 12.3. The molecule has 0 bridgehead atoms. The van der Waals surface area contributed by atoms with E-state index in [1.54, 1.807) is 16.7 Å². The second-order valence-electron chi connectivity index (χ2n) is 11.0. The first kappa shape index (κ1) is 30.2. The Balaban J connectivity index is 0.00000195. The van der Waals surface area contributed by atoms with Crippen LogP contribution in [0.3, 0.4) is 0 Å². The van der Waals surface area contributed by atoms with Crippen LogP contribution in [0.4, 0.5) is 0 Å². The monoisotopic (exact) mass is 510 g/mol. The molecule has 0 fully saturated rings. The molecule has 0 spiro atoms. The van der Waals surface area contributed by atoms with Crippen LogP contribution in [0, 0.1) is 0 Å². The van der Waals surface area contributed by atoms with Gasteiger partial charge in [-0.05, 0) is 82.7 Å². The van der Waals surface area contributed by atoms with Crippen molar-refractivity contribution in [1.82, 2.24) is 0 Å². The Morgan fingerprint density at radius 2 is 1.16 bits per heavy atom. The Labute approximate surface area is 235 Å². The third-order valence-electron chi connectivity index (χ3n) is 8.15. The van der Waals surface area contributed by atoms with E-state index in [-0.39, 0.29) is 0 Å². The van der Waals surface area contributed by atoms with Crippen molar-refractivity contribution >= 4 is 16.8 Å². The number of unbranched alkanes of at least 4 members (excludes halogenated alkanes) is 10. The summed E-state index contributed by atoms with van der Waals surface area (Å²) in [6, 6.07) is 18.8. The molecule has 0 aliphatic heterocycles. The van der Waals surface area contributed by atoms with E-state index >= 15 is 0 Å². The maximum atomic E-state index is 2.48. The van der Waals surface area contributed by atoms with Gasteiger partial charge in [0.15, 0.2) is 0 Å². The lowest BCUT2D eigenvalue weighted by molar-refractivity contribution is 0.607. The van der Waals surface area contributed by atoms with E-state index in [1.165, 1.54) is 130 Å². The van der Waals surface area contributed by atoms with Gasteiger partial charge in [-0.3, -0.25) is 0 Å². The summed E-state index contributed by atoms with van der Waals surface area (Å²) in [5, 5.41) is 2.82. The minimum atomic E-state index is 1.17. The molecule has 1 aliphatic carbocycles. The van der Waals surface area contributed by atoms with Crippen LogP contribution < -0.4 is 0 Å².